The van der Waals surface area contributed by atoms with Crippen molar-refractivity contribution in [1.29, 1.82) is 0 Å². The van der Waals surface area contributed by atoms with Crippen molar-refractivity contribution >= 4 is 0 Å². The van der Waals surface area contributed by atoms with E-state index in [0.29, 0.717) is 0 Å². The number of hydrogen-bond donors (Lipinski definition) is 1. The first-order chi connectivity index (χ1) is 7.85. The van der Waals surface area contributed by atoms with Crippen LogP contribution in [-0.4, -0.2) is 20.8 Å². The Hall–Kier alpha value is -0.900. The fourth-order valence-electron chi connectivity index (χ4n) is 2.23. The summed E-state index contributed by atoms with van der Waals surface area (Å²) in [5.74, 6) is 1.98. The van der Waals surface area contributed by atoms with Crippen LogP contribution in [-0.2, 0) is 13.1 Å². The Morgan fingerprint density at radius 2 is 2.31 bits per heavy atom. The van der Waals surface area contributed by atoms with E-state index in [-0.39, 0.29) is 0 Å². The maximum Gasteiger partial charge on any atom is 0.140 e. The molecule has 0 aliphatic heterocycles. The molecule has 0 radical (unpaired) electrons. The van der Waals surface area contributed by atoms with Crippen molar-refractivity contribution in [3.63, 3.8) is 0 Å². The van der Waals surface area contributed by atoms with Gasteiger partial charge in [-0.2, -0.15) is 5.10 Å². The highest BCUT2D eigenvalue weighted by Crippen LogP contribution is 2.34. The van der Waals surface area contributed by atoms with E-state index in [1.165, 1.54) is 19.3 Å². The molecule has 1 saturated carbocycles. The number of rotatable bonds is 7. The number of nitrogens with zero attached hydrogens (tertiary/aromatic N) is 3. The fourth-order valence-corrected chi connectivity index (χ4v) is 2.23. The SMILES string of the molecule is CCCC1CC1NCc1ncnn1CCC. The quantitative estimate of drug-likeness (QED) is 0.767. The summed E-state index contributed by atoms with van der Waals surface area (Å²) in [6.45, 7) is 6.26. The molecule has 4 heteroatoms. The van der Waals surface area contributed by atoms with Crippen molar-refractivity contribution in [2.24, 2.45) is 5.92 Å². The van der Waals surface area contributed by atoms with E-state index >= 15 is 0 Å². The zero-order valence-electron chi connectivity index (χ0n) is 10.3. The maximum atomic E-state index is 4.29. The second kappa shape index (κ2) is 5.43. The lowest BCUT2D eigenvalue weighted by Gasteiger charge is -2.05. The predicted octanol–water partition coefficient (Wildman–Crippen LogP) is 1.97. The van der Waals surface area contributed by atoms with E-state index in [1.807, 2.05) is 4.68 Å². The average Bonchev–Trinajstić information content (AvgIpc) is 2.86. The lowest BCUT2D eigenvalue weighted by atomic mass is 10.2. The summed E-state index contributed by atoms with van der Waals surface area (Å²) in [6.07, 6.45) is 6.77. The first-order valence-corrected chi connectivity index (χ1v) is 6.45. The van der Waals surface area contributed by atoms with E-state index in [0.717, 1.165) is 37.3 Å². The molecule has 0 spiro atoms. The zero-order valence-corrected chi connectivity index (χ0v) is 10.3. The van der Waals surface area contributed by atoms with Crippen molar-refractivity contribution in [3.8, 4) is 0 Å². The maximum absolute atomic E-state index is 4.29. The first kappa shape index (κ1) is 11.6. The summed E-state index contributed by atoms with van der Waals surface area (Å²) < 4.78 is 2.00. The third-order valence-electron chi connectivity index (χ3n) is 3.24. The normalized spacial score (nSPS) is 23.6. The van der Waals surface area contributed by atoms with Crippen molar-refractivity contribution in [3.05, 3.63) is 12.2 Å². The Morgan fingerprint density at radius 1 is 1.44 bits per heavy atom. The van der Waals surface area contributed by atoms with E-state index < -0.39 is 0 Å². The van der Waals surface area contributed by atoms with Crippen LogP contribution in [0.5, 0.6) is 0 Å². The highest BCUT2D eigenvalue weighted by atomic mass is 15.3. The van der Waals surface area contributed by atoms with Gasteiger partial charge in [-0.3, -0.25) is 0 Å². The van der Waals surface area contributed by atoms with Gasteiger partial charge in [0.05, 0.1) is 6.54 Å². The van der Waals surface area contributed by atoms with Gasteiger partial charge in [-0.05, 0) is 25.2 Å². The van der Waals surface area contributed by atoms with Gasteiger partial charge in [0.1, 0.15) is 12.2 Å². The second-order valence-corrected chi connectivity index (χ2v) is 4.67. The Morgan fingerprint density at radius 3 is 3.06 bits per heavy atom. The summed E-state index contributed by atoms with van der Waals surface area (Å²) >= 11 is 0. The molecular weight excluding hydrogens is 200 g/mol. The van der Waals surface area contributed by atoms with Gasteiger partial charge >= 0.3 is 0 Å². The van der Waals surface area contributed by atoms with Crippen LogP contribution in [0.3, 0.4) is 0 Å². The zero-order chi connectivity index (χ0) is 11.4. The summed E-state index contributed by atoms with van der Waals surface area (Å²) in [5, 5.41) is 7.79. The molecule has 1 aliphatic carbocycles. The predicted molar refractivity (Wildman–Crippen MR) is 64.0 cm³/mol. The van der Waals surface area contributed by atoms with E-state index in [1.54, 1.807) is 6.33 Å². The molecule has 4 nitrogen and oxygen atoms in total. The third-order valence-corrected chi connectivity index (χ3v) is 3.24. The molecule has 1 aliphatic rings. The van der Waals surface area contributed by atoms with Crippen LogP contribution >= 0.6 is 0 Å². The van der Waals surface area contributed by atoms with Crippen LogP contribution in [0.25, 0.3) is 0 Å². The highest BCUT2D eigenvalue weighted by Gasteiger charge is 2.35. The lowest BCUT2D eigenvalue weighted by Crippen LogP contribution is -2.21. The molecule has 1 fully saturated rings. The topological polar surface area (TPSA) is 42.7 Å². The molecule has 0 aromatic carbocycles. The van der Waals surface area contributed by atoms with Gasteiger partial charge in [-0.1, -0.05) is 20.3 Å². The van der Waals surface area contributed by atoms with E-state index in [4.69, 9.17) is 0 Å². The minimum atomic E-state index is 0.728. The third kappa shape index (κ3) is 2.82. The van der Waals surface area contributed by atoms with Gasteiger partial charge in [-0.15, -0.1) is 0 Å². The van der Waals surface area contributed by atoms with Gasteiger partial charge in [0.2, 0.25) is 0 Å². The van der Waals surface area contributed by atoms with Crippen LogP contribution in [0.1, 0.15) is 45.4 Å². The van der Waals surface area contributed by atoms with Crippen LogP contribution in [0.4, 0.5) is 0 Å². The van der Waals surface area contributed by atoms with Crippen LogP contribution in [0.2, 0.25) is 0 Å². The highest BCUT2D eigenvalue weighted by molar-refractivity contribution is 4.95. The number of aromatic nitrogens is 3. The van der Waals surface area contributed by atoms with Crippen molar-refractivity contribution in [1.82, 2.24) is 20.1 Å². The largest absolute Gasteiger partial charge is 0.307 e. The molecule has 16 heavy (non-hydrogen) atoms. The van der Waals surface area contributed by atoms with Crippen LogP contribution in [0, 0.1) is 5.92 Å². The molecule has 0 saturated heterocycles. The van der Waals surface area contributed by atoms with Gasteiger partial charge in [0.25, 0.3) is 0 Å². The minimum absolute atomic E-state index is 0.728. The standard InChI is InChI=1S/C12H22N4/c1-3-5-10-7-11(10)13-8-12-14-9-15-16(12)6-4-2/h9-11,13H,3-8H2,1-2H3. The van der Waals surface area contributed by atoms with Crippen molar-refractivity contribution in [2.75, 3.05) is 0 Å². The molecule has 2 unspecified atom stereocenters. The Balaban J connectivity index is 1.75. The Labute approximate surface area is 97.5 Å². The van der Waals surface area contributed by atoms with Gasteiger partial charge in [0.15, 0.2) is 0 Å². The molecule has 0 bridgehead atoms. The smallest absolute Gasteiger partial charge is 0.140 e. The Kier molecular flexibility index (Phi) is 3.93. The molecular formula is C12H22N4. The Bertz CT molecular complexity index is 321. The lowest BCUT2D eigenvalue weighted by molar-refractivity contribution is 0.528. The van der Waals surface area contributed by atoms with E-state index in [2.05, 4.69) is 29.2 Å². The summed E-state index contributed by atoms with van der Waals surface area (Å²) in [6, 6.07) is 0.728. The number of nitrogens with one attached hydrogen (secondary N) is 1. The molecule has 1 N–H and O–H groups in total. The monoisotopic (exact) mass is 222 g/mol. The van der Waals surface area contributed by atoms with Crippen LogP contribution in [0.15, 0.2) is 6.33 Å². The van der Waals surface area contributed by atoms with Crippen molar-refractivity contribution < 1.29 is 0 Å². The molecule has 1 aromatic heterocycles. The molecule has 2 rings (SSSR count). The molecule has 1 heterocycles. The minimum Gasteiger partial charge on any atom is -0.307 e. The number of hydrogen-bond acceptors (Lipinski definition) is 3. The summed E-state index contributed by atoms with van der Waals surface area (Å²) in [7, 11) is 0. The van der Waals surface area contributed by atoms with E-state index in [9.17, 15) is 0 Å². The van der Waals surface area contributed by atoms with Gasteiger partial charge in [0, 0.05) is 12.6 Å². The molecule has 0 amide bonds. The second-order valence-electron chi connectivity index (χ2n) is 4.67. The summed E-state index contributed by atoms with van der Waals surface area (Å²) in [4.78, 5) is 4.29. The molecule has 1 aromatic rings. The van der Waals surface area contributed by atoms with Gasteiger partial charge in [-0.25, -0.2) is 9.67 Å². The fraction of sp³-hybridized carbons (Fsp3) is 0.833. The molecule has 90 valence electrons. The summed E-state index contributed by atoms with van der Waals surface area (Å²) in [5.41, 5.74) is 0. The first-order valence-electron chi connectivity index (χ1n) is 6.45. The number of aryl methyl sites for hydroxylation is 1. The van der Waals surface area contributed by atoms with Crippen LogP contribution < -0.4 is 5.32 Å². The van der Waals surface area contributed by atoms with Crippen molar-refractivity contribution in [2.45, 2.75) is 58.7 Å². The molecule has 2 atom stereocenters. The average molecular weight is 222 g/mol. The van der Waals surface area contributed by atoms with Gasteiger partial charge < -0.3 is 5.32 Å².